The maximum atomic E-state index is 11.7. The minimum atomic E-state index is -2.93. The van der Waals surface area contributed by atoms with Crippen LogP contribution in [-0.4, -0.2) is 34.0 Å². The number of nitrogen functional groups attached to an aromatic ring is 1. The van der Waals surface area contributed by atoms with Crippen LogP contribution in [0.15, 0.2) is 41.5 Å². The summed E-state index contributed by atoms with van der Waals surface area (Å²) in [5.41, 5.74) is 9.79. The van der Waals surface area contributed by atoms with Crippen LogP contribution in [0.3, 0.4) is 0 Å². The Labute approximate surface area is 178 Å². The zero-order valence-corrected chi connectivity index (χ0v) is 18.7. The SMILES string of the molecule is CC1(C)Oc2nccc(N)c2N=C1c1ccc([C@H]2CC[C@H](CP(C)(=O)O)CC2)cc1. The highest BCUT2D eigenvalue weighted by Gasteiger charge is 2.35. The molecule has 1 unspecified atom stereocenters. The lowest BCUT2D eigenvalue weighted by Gasteiger charge is -2.32. The number of ether oxygens (including phenoxy) is 1. The van der Waals surface area contributed by atoms with Gasteiger partial charge in [-0.3, -0.25) is 4.57 Å². The van der Waals surface area contributed by atoms with Crippen LogP contribution in [0.4, 0.5) is 11.4 Å². The fourth-order valence-corrected chi connectivity index (χ4v) is 5.98. The van der Waals surface area contributed by atoms with Gasteiger partial charge in [0.25, 0.3) is 0 Å². The smallest absolute Gasteiger partial charge is 0.243 e. The van der Waals surface area contributed by atoms with Crippen LogP contribution < -0.4 is 10.5 Å². The predicted octanol–water partition coefficient (Wildman–Crippen LogP) is 5.13. The maximum Gasteiger partial charge on any atom is 0.243 e. The number of benzene rings is 1. The second-order valence-corrected chi connectivity index (χ2v) is 11.7. The highest BCUT2D eigenvalue weighted by atomic mass is 31.2. The Morgan fingerprint density at radius 3 is 2.47 bits per heavy atom. The van der Waals surface area contributed by atoms with Crippen molar-refractivity contribution in [1.29, 1.82) is 0 Å². The van der Waals surface area contributed by atoms with Crippen LogP contribution in [0.2, 0.25) is 0 Å². The van der Waals surface area contributed by atoms with E-state index in [9.17, 15) is 9.46 Å². The largest absolute Gasteiger partial charge is 0.463 e. The summed E-state index contributed by atoms with van der Waals surface area (Å²) in [6.45, 7) is 5.45. The molecule has 3 N–H and O–H groups in total. The molecule has 1 atom stereocenters. The van der Waals surface area contributed by atoms with Crippen LogP contribution in [-0.2, 0) is 4.57 Å². The molecule has 1 aromatic heterocycles. The highest BCUT2D eigenvalue weighted by Crippen LogP contribution is 2.45. The van der Waals surface area contributed by atoms with Crippen LogP contribution in [0.5, 0.6) is 5.88 Å². The first kappa shape index (κ1) is 21.1. The van der Waals surface area contributed by atoms with E-state index in [4.69, 9.17) is 15.5 Å². The van der Waals surface area contributed by atoms with Gasteiger partial charge < -0.3 is 15.4 Å². The topological polar surface area (TPSA) is 97.8 Å². The van der Waals surface area contributed by atoms with E-state index in [0.29, 0.717) is 35.3 Å². The summed E-state index contributed by atoms with van der Waals surface area (Å²) in [6, 6.07) is 10.3. The van der Waals surface area contributed by atoms with Crippen molar-refractivity contribution < 1.29 is 14.2 Å². The number of anilines is 1. The number of rotatable bonds is 4. The number of hydrogen-bond donors (Lipinski definition) is 2. The van der Waals surface area contributed by atoms with Gasteiger partial charge in [0, 0.05) is 24.6 Å². The summed E-state index contributed by atoms with van der Waals surface area (Å²) < 4.78 is 17.8. The molecule has 1 aliphatic carbocycles. The highest BCUT2D eigenvalue weighted by molar-refractivity contribution is 7.57. The first-order valence-corrected chi connectivity index (χ1v) is 12.8. The van der Waals surface area contributed by atoms with Crippen molar-refractivity contribution in [2.45, 2.75) is 51.0 Å². The predicted molar refractivity (Wildman–Crippen MR) is 121 cm³/mol. The van der Waals surface area contributed by atoms with E-state index in [0.717, 1.165) is 37.0 Å². The van der Waals surface area contributed by atoms with E-state index in [1.165, 1.54) is 12.2 Å². The Balaban J connectivity index is 1.52. The maximum absolute atomic E-state index is 11.7. The van der Waals surface area contributed by atoms with Gasteiger partial charge in [-0.15, -0.1) is 0 Å². The van der Waals surface area contributed by atoms with Gasteiger partial charge in [0.2, 0.25) is 5.88 Å². The summed E-state index contributed by atoms with van der Waals surface area (Å²) in [5.74, 6) is 1.34. The normalized spacial score (nSPS) is 24.9. The fraction of sp³-hybridized carbons (Fsp3) is 0.478. The molecular weight excluding hydrogens is 397 g/mol. The molecule has 0 radical (unpaired) electrons. The number of pyridine rings is 1. The summed E-state index contributed by atoms with van der Waals surface area (Å²) in [4.78, 5) is 18.7. The Hall–Kier alpha value is -2.17. The van der Waals surface area contributed by atoms with E-state index in [1.54, 1.807) is 12.3 Å². The van der Waals surface area contributed by atoms with Crippen molar-refractivity contribution in [3.05, 3.63) is 47.7 Å². The zero-order chi connectivity index (χ0) is 21.5. The van der Waals surface area contributed by atoms with Gasteiger partial charge in [-0.25, -0.2) is 9.98 Å². The molecule has 1 saturated carbocycles. The Morgan fingerprint density at radius 1 is 1.17 bits per heavy atom. The lowest BCUT2D eigenvalue weighted by molar-refractivity contribution is 0.171. The summed E-state index contributed by atoms with van der Waals surface area (Å²) in [6.07, 6.45) is 6.24. The van der Waals surface area contributed by atoms with Gasteiger partial charge in [0.1, 0.15) is 11.3 Å². The molecule has 2 aliphatic rings. The molecule has 0 bridgehead atoms. The summed E-state index contributed by atoms with van der Waals surface area (Å²) >= 11 is 0. The van der Waals surface area contributed by atoms with E-state index in [-0.39, 0.29) is 0 Å². The third kappa shape index (κ3) is 4.45. The van der Waals surface area contributed by atoms with Crippen LogP contribution in [0.1, 0.15) is 56.6 Å². The Bertz CT molecular complexity index is 1000. The molecule has 0 spiro atoms. The molecule has 4 rings (SSSR count). The minimum Gasteiger partial charge on any atom is -0.463 e. The molecule has 0 saturated heterocycles. The van der Waals surface area contributed by atoms with Gasteiger partial charge in [-0.1, -0.05) is 24.3 Å². The number of hydrogen-bond acceptors (Lipinski definition) is 5. The van der Waals surface area contributed by atoms with Crippen LogP contribution in [0, 0.1) is 5.92 Å². The Kier molecular flexibility index (Phi) is 5.50. The second-order valence-electron chi connectivity index (χ2n) is 9.20. The van der Waals surface area contributed by atoms with Crippen LogP contribution >= 0.6 is 7.37 Å². The molecule has 6 nitrogen and oxygen atoms in total. The van der Waals surface area contributed by atoms with E-state index < -0.39 is 13.0 Å². The van der Waals surface area contributed by atoms with E-state index in [1.807, 2.05) is 13.8 Å². The number of nitrogens with two attached hydrogens (primary N) is 1. The minimum absolute atomic E-state index is 0.370. The number of aliphatic imine (C=N–C) groups is 1. The Morgan fingerprint density at radius 2 is 1.83 bits per heavy atom. The van der Waals surface area contributed by atoms with Crippen molar-refractivity contribution >= 4 is 24.5 Å². The average Bonchev–Trinajstić information content (AvgIpc) is 2.67. The molecule has 1 fully saturated rings. The van der Waals surface area contributed by atoms with E-state index >= 15 is 0 Å². The van der Waals surface area contributed by atoms with Crippen molar-refractivity contribution in [3.63, 3.8) is 0 Å². The third-order valence-electron chi connectivity index (χ3n) is 6.17. The lowest BCUT2D eigenvalue weighted by atomic mass is 9.79. The first-order chi connectivity index (χ1) is 14.1. The number of aromatic nitrogens is 1. The molecular formula is C23H30N3O3P. The molecule has 1 aliphatic heterocycles. The molecule has 2 heterocycles. The summed E-state index contributed by atoms with van der Waals surface area (Å²) in [5, 5.41) is 0. The van der Waals surface area contributed by atoms with Gasteiger partial charge in [0.05, 0.1) is 11.4 Å². The third-order valence-corrected chi connectivity index (χ3v) is 7.36. The van der Waals surface area contributed by atoms with Gasteiger partial charge in [-0.2, -0.15) is 0 Å². The fourth-order valence-electron chi connectivity index (χ4n) is 4.66. The number of nitrogens with zero attached hydrogens (tertiary/aromatic N) is 2. The number of fused-ring (bicyclic) bond motifs is 1. The van der Waals surface area contributed by atoms with Gasteiger partial charge >= 0.3 is 0 Å². The van der Waals surface area contributed by atoms with E-state index in [2.05, 4.69) is 29.2 Å². The molecule has 0 amide bonds. The molecule has 2 aromatic rings. The molecule has 160 valence electrons. The summed E-state index contributed by atoms with van der Waals surface area (Å²) in [7, 11) is -2.93. The van der Waals surface area contributed by atoms with Crippen molar-refractivity contribution in [2.75, 3.05) is 18.6 Å². The van der Waals surface area contributed by atoms with Gasteiger partial charge in [0.15, 0.2) is 7.37 Å². The zero-order valence-electron chi connectivity index (χ0n) is 17.8. The first-order valence-electron chi connectivity index (χ1n) is 10.5. The molecule has 30 heavy (non-hydrogen) atoms. The van der Waals surface area contributed by atoms with Crippen molar-refractivity contribution in [1.82, 2.24) is 4.98 Å². The lowest BCUT2D eigenvalue weighted by Crippen LogP contribution is -2.41. The van der Waals surface area contributed by atoms with Crippen molar-refractivity contribution in [3.8, 4) is 5.88 Å². The van der Waals surface area contributed by atoms with Crippen LogP contribution in [0.25, 0.3) is 0 Å². The monoisotopic (exact) mass is 427 g/mol. The van der Waals surface area contributed by atoms with Crippen molar-refractivity contribution in [2.24, 2.45) is 10.9 Å². The average molecular weight is 427 g/mol. The molecule has 1 aromatic carbocycles. The second kappa shape index (κ2) is 7.82. The standard InChI is InChI=1S/C23H30N3O3P/c1-23(2)21(26-20-19(24)12-13-25-22(20)29-23)18-10-8-17(9-11-18)16-6-4-15(5-7-16)14-30(3,27)28/h8-13,15-16H,4-7,14H2,1-3H3,(H2,24,25)(H,27,28)/t15-,16-. The molecule has 7 heteroatoms. The quantitative estimate of drug-likeness (QED) is 0.659. The van der Waals surface area contributed by atoms with Gasteiger partial charge in [-0.05, 0) is 63.0 Å².